The summed E-state index contributed by atoms with van der Waals surface area (Å²) in [6.45, 7) is 8.62. The van der Waals surface area contributed by atoms with Gasteiger partial charge in [-0.1, -0.05) is 13.8 Å². The molecule has 6 heteroatoms. The predicted molar refractivity (Wildman–Crippen MR) is 102 cm³/mol. The molecule has 1 aliphatic rings. The molecular formula is C19H29N4OS+. The second-order valence-corrected chi connectivity index (χ2v) is 7.67. The van der Waals surface area contributed by atoms with E-state index in [2.05, 4.69) is 30.5 Å². The number of rotatable bonds is 6. The van der Waals surface area contributed by atoms with Crippen molar-refractivity contribution < 1.29 is 9.64 Å². The molecule has 25 heavy (non-hydrogen) atoms. The van der Waals surface area contributed by atoms with Crippen LogP contribution >= 0.6 is 12.2 Å². The van der Waals surface area contributed by atoms with E-state index in [4.69, 9.17) is 22.1 Å². The maximum Gasteiger partial charge on any atom is 0.203 e. The molecule has 0 spiro atoms. The van der Waals surface area contributed by atoms with Crippen LogP contribution in [0.3, 0.4) is 0 Å². The van der Waals surface area contributed by atoms with Crippen LogP contribution < -0.4 is 9.64 Å². The molecular weight excluding hydrogens is 332 g/mol. The van der Waals surface area contributed by atoms with Crippen molar-refractivity contribution in [2.45, 2.75) is 46.3 Å². The lowest BCUT2D eigenvalue weighted by Gasteiger charge is -2.22. The van der Waals surface area contributed by atoms with Gasteiger partial charge in [0.25, 0.3) is 0 Å². The number of nitrogens with zero attached hydrogens (tertiary/aromatic N) is 3. The van der Waals surface area contributed by atoms with E-state index in [1.54, 1.807) is 12.0 Å². The molecule has 1 aromatic heterocycles. The maximum absolute atomic E-state index is 5.77. The third kappa shape index (κ3) is 4.30. The number of quaternary nitrogens is 1. The topological polar surface area (TPSA) is 36.4 Å². The highest BCUT2D eigenvalue weighted by atomic mass is 32.1. The van der Waals surface area contributed by atoms with Crippen molar-refractivity contribution in [3.8, 4) is 17.1 Å². The van der Waals surface area contributed by atoms with Crippen molar-refractivity contribution >= 4 is 12.2 Å². The lowest BCUT2D eigenvalue weighted by molar-refractivity contribution is -0.928. The smallest absolute Gasteiger partial charge is 0.203 e. The van der Waals surface area contributed by atoms with Crippen molar-refractivity contribution in [1.29, 1.82) is 0 Å². The standard InChI is InChI=1S/C19H28N4OS/c1-15(2)13-22-18(16-7-9-17(24-3)10-8-16)20-23(19(22)25)14-21-11-5-4-6-12-21/h7-10,15H,4-6,11-14H2,1-3H3/p+1. The minimum absolute atomic E-state index is 0.517. The number of likely N-dealkylation sites (tertiary alicyclic amines) is 1. The van der Waals surface area contributed by atoms with Gasteiger partial charge in [0.1, 0.15) is 5.75 Å². The molecule has 1 aliphatic heterocycles. The predicted octanol–water partition coefficient (Wildman–Crippen LogP) is 2.77. The third-order valence-corrected chi connectivity index (χ3v) is 5.18. The van der Waals surface area contributed by atoms with E-state index in [-0.39, 0.29) is 0 Å². The summed E-state index contributed by atoms with van der Waals surface area (Å²) in [5.41, 5.74) is 1.08. The number of piperidine rings is 1. The molecule has 0 aliphatic carbocycles. The molecule has 0 saturated carbocycles. The summed E-state index contributed by atoms with van der Waals surface area (Å²) in [4.78, 5) is 1.58. The Kier molecular flexibility index (Phi) is 5.91. The van der Waals surface area contributed by atoms with Gasteiger partial charge in [0.05, 0.1) is 20.2 Å². The van der Waals surface area contributed by atoms with Crippen LogP contribution in [0.4, 0.5) is 0 Å². The number of ether oxygens (including phenoxy) is 1. The molecule has 0 bridgehead atoms. The van der Waals surface area contributed by atoms with Gasteiger partial charge in [-0.3, -0.25) is 4.57 Å². The lowest BCUT2D eigenvalue weighted by Crippen LogP contribution is -3.12. The molecule has 1 fully saturated rings. The van der Waals surface area contributed by atoms with E-state index >= 15 is 0 Å². The quantitative estimate of drug-likeness (QED) is 0.804. The van der Waals surface area contributed by atoms with Gasteiger partial charge in [-0.25, -0.2) is 0 Å². The molecule has 1 N–H and O–H groups in total. The fourth-order valence-electron chi connectivity index (χ4n) is 3.45. The summed E-state index contributed by atoms with van der Waals surface area (Å²) >= 11 is 5.77. The monoisotopic (exact) mass is 361 g/mol. The molecule has 0 amide bonds. The molecule has 2 aromatic rings. The van der Waals surface area contributed by atoms with Crippen molar-refractivity contribution in [1.82, 2.24) is 14.3 Å². The summed E-state index contributed by atoms with van der Waals surface area (Å²) in [5.74, 6) is 2.33. The normalized spacial score (nSPS) is 15.7. The molecule has 0 radical (unpaired) electrons. The Morgan fingerprint density at radius 2 is 1.84 bits per heavy atom. The van der Waals surface area contributed by atoms with Crippen LogP contribution in [0.25, 0.3) is 11.4 Å². The number of aromatic nitrogens is 3. The summed E-state index contributed by atoms with van der Waals surface area (Å²) in [7, 11) is 1.69. The van der Waals surface area contributed by atoms with Crippen molar-refractivity contribution in [2.75, 3.05) is 20.2 Å². The minimum atomic E-state index is 0.517. The van der Waals surface area contributed by atoms with E-state index in [1.807, 2.05) is 16.8 Å². The van der Waals surface area contributed by atoms with Gasteiger partial charge in [0.2, 0.25) is 4.77 Å². The molecule has 0 atom stereocenters. The van der Waals surface area contributed by atoms with Gasteiger partial charge < -0.3 is 9.64 Å². The van der Waals surface area contributed by atoms with Crippen LogP contribution in [-0.2, 0) is 13.2 Å². The van der Waals surface area contributed by atoms with E-state index in [1.165, 1.54) is 32.4 Å². The van der Waals surface area contributed by atoms with E-state index < -0.39 is 0 Å². The average Bonchev–Trinajstić information content (AvgIpc) is 2.92. The van der Waals surface area contributed by atoms with Crippen molar-refractivity contribution in [3.05, 3.63) is 29.0 Å². The van der Waals surface area contributed by atoms with Crippen LogP contribution in [-0.4, -0.2) is 34.5 Å². The molecule has 136 valence electrons. The summed E-state index contributed by atoms with van der Waals surface area (Å²) in [5, 5.41) is 4.90. The van der Waals surface area contributed by atoms with E-state index in [0.717, 1.165) is 35.1 Å². The highest BCUT2D eigenvalue weighted by Crippen LogP contribution is 2.22. The van der Waals surface area contributed by atoms with E-state index in [0.29, 0.717) is 5.92 Å². The second kappa shape index (κ2) is 8.15. The highest BCUT2D eigenvalue weighted by molar-refractivity contribution is 7.71. The fraction of sp³-hybridized carbons (Fsp3) is 0.579. The third-order valence-electron chi connectivity index (χ3n) is 4.75. The Morgan fingerprint density at radius 1 is 1.16 bits per heavy atom. The molecule has 1 aromatic carbocycles. The zero-order valence-corrected chi connectivity index (χ0v) is 16.3. The van der Waals surface area contributed by atoms with Crippen LogP contribution in [0, 0.1) is 10.7 Å². The van der Waals surface area contributed by atoms with Crippen LogP contribution in [0.1, 0.15) is 33.1 Å². The number of hydrogen-bond donors (Lipinski definition) is 1. The van der Waals surface area contributed by atoms with Crippen molar-refractivity contribution in [3.63, 3.8) is 0 Å². The van der Waals surface area contributed by atoms with Crippen LogP contribution in [0.5, 0.6) is 5.75 Å². The fourth-order valence-corrected chi connectivity index (χ4v) is 3.72. The van der Waals surface area contributed by atoms with Gasteiger partial charge in [0, 0.05) is 12.1 Å². The first-order valence-electron chi connectivity index (χ1n) is 9.24. The summed E-state index contributed by atoms with van der Waals surface area (Å²) in [6, 6.07) is 8.08. The Bertz CT molecular complexity index is 742. The molecule has 5 nitrogen and oxygen atoms in total. The molecule has 1 saturated heterocycles. The molecule has 0 unspecified atom stereocenters. The van der Waals surface area contributed by atoms with E-state index in [9.17, 15) is 0 Å². The Balaban J connectivity index is 1.94. The van der Waals surface area contributed by atoms with Gasteiger partial charge in [-0.05, 0) is 61.7 Å². The SMILES string of the molecule is COc1ccc(-c2nn(C[NH+]3CCCCC3)c(=S)n2CC(C)C)cc1. The Morgan fingerprint density at radius 3 is 2.44 bits per heavy atom. The van der Waals surface area contributed by atoms with Crippen LogP contribution in [0.2, 0.25) is 0 Å². The van der Waals surface area contributed by atoms with Crippen molar-refractivity contribution in [2.24, 2.45) is 5.92 Å². The van der Waals surface area contributed by atoms with Gasteiger partial charge >= 0.3 is 0 Å². The number of nitrogens with one attached hydrogen (secondary N) is 1. The second-order valence-electron chi connectivity index (χ2n) is 7.31. The zero-order valence-electron chi connectivity index (χ0n) is 15.5. The molecule has 3 rings (SSSR count). The molecule has 2 heterocycles. The first kappa shape index (κ1) is 18.1. The largest absolute Gasteiger partial charge is 0.497 e. The minimum Gasteiger partial charge on any atom is -0.497 e. The summed E-state index contributed by atoms with van der Waals surface area (Å²) < 4.78 is 10.3. The maximum atomic E-state index is 5.77. The average molecular weight is 362 g/mol. The van der Waals surface area contributed by atoms with Crippen LogP contribution in [0.15, 0.2) is 24.3 Å². The number of hydrogen-bond acceptors (Lipinski definition) is 3. The zero-order chi connectivity index (χ0) is 17.8. The highest BCUT2D eigenvalue weighted by Gasteiger charge is 2.19. The lowest BCUT2D eigenvalue weighted by atomic mass is 10.1. The Labute approximate surface area is 155 Å². The van der Waals surface area contributed by atoms with Gasteiger partial charge in [0.15, 0.2) is 12.5 Å². The number of benzene rings is 1. The van der Waals surface area contributed by atoms with Gasteiger partial charge in [-0.2, -0.15) is 4.68 Å². The number of methoxy groups -OCH3 is 1. The first-order valence-corrected chi connectivity index (χ1v) is 9.65. The summed E-state index contributed by atoms with van der Waals surface area (Å²) in [6.07, 6.45) is 3.97. The first-order chi connectivity index (χ1) is 12.1. The Hall–Kier alpha value is -1.66. The van der Waals surface area contributed by atoms with Gasteiger partial charge in [-0.15, -0.1) is 5.10 Å².